The molecule has 2 atom stereocenters. The Morgan fingerprint density at radius 1 is 1.07 bits per heavy atom. The number of rotatable bonds is 5. The van der Waals surface area contributed by atoms with Gasteiger partial charge in [-0.05, 0) is 48.7 Å². The lowest BCUT2D eigenvalue weighted by Gasteiger charge is -2.06. The molecule has 5 nitrogen and oxygen atoms in total. The summed E-state index contributed by atoms with van der Waals surface area (Å²) < 4.78 is 0. The van der Waals surface area contributed by atoms with Crippen LogP contribution in [-0.2, 0) is 4.79 Å². The number of nitrogens with one attached hydrogen (secondary N) is 2. The van der Waals surface area contributed by atoms with Gasteiger partial charge >= 0.3 is 0 Å². The number of nitrogens with zero attached hydrogens (tertiary/aromatic N) is 1. The van der Waals surface area contributed by atoms with Crippen LogP contribution in [0.15, 0.2) is 53.9 Å². The number of amides is 2. The van der Waals surface area contributed by atoms with Crippen molar-refractivity contribution in [2.75, 3.05) is 10.6 Å². The fraction of sp³-hybridized carbons (Fsp3) is 0.190. The van der Waals surface area contributed by atoms with Crippen LogP contribution in [-0.4, -0.2) is 16.8 Å². The van der Waals surface area contributed by atoms with Crippen molar-refractivity contribution < 1.29 is 9.59 Å². The van der Waals surface area contributed by atoms with Crippen molar-refractivity contribution in [3.8, 4) is 11.3 Å². The second-order valence-corrected chi connectivity index (χ2v) is 8.18. The maximum absolute atomic E-state index is 12.4. The summed E-state index contributed by atoms with van der Waals surface area (Å²) in [6, 6.07) is 14.2. The van der Waals surface area contributed by atoms with Crippen molar-refractivity contribution in [2.24, 2.45) is 11.8 Å². The Morgan fingerprint density at radius 3 is 2.39 bits per heavy atom. The van der Waals surface area contributed by atoms with Crippen molar-refractivity contribution >= 4 is 45.6 Å². The van der Waals surface area contributed by atoms with Gasteiger partial charge in [-0.25, -0.2) is 4.98 Å². The zero-order valence-corrected chi connectivity index (χ0v) is 16.7. The second-order valence-electron chi connectivity index (χ2n) is 6.88. The summed E-state index contributed by atoms with van der Waals surface area (Å²) in [6.07, 6.45) is 0.943. The molecule has 0 saturated heterocycles. The maximum Gasteiger partial charge on any atom is 0.257 e. The quantitative estimate of drug-likeness (QED) is 0.597. The first-order valence-corrected chi connectivity index (χ1v) is 10.2. The lowest BCUT2D eigenvalue weighted by atomic mass is 10.2. The van der Waals surface area contributed by atoms with Gasteiger partial charge in [-0.2, -0.15) is 0 Å². The molecule has 0 bridgehead atoms. The lowest BCUT2D eigenvalue weighted by molar-refractivity contribution is -0.117. The first-order chi connectivity index (χ1) is 13.5. The fourth-order valence-electron chi connectivity index (χ4n) is 2.88. The molecule has 4 rings (SSSR count). The molecule has 7 heteroatoms. The Hall–Kier alpha value is -2.70. The van der Waals surface area contributed by atoms with Gasteiger partial charge in [0.25, 0.3) is 5.91 Å². The van der Waals surface area contributed by atoms with Crippen LogP contribution in [0, 0.1) is 11.8 Å². The average molecular weight is 412 g/mol. The molecule has 0 spiro atoms. The summed E-state index contributed by atoms with van der Waals surface area (Å²) in [5.41, 5.74) is 2.91. The molecule has 1 aliphatic rings. The van der Waals surface area contributed by atoms with Crippen LogP contribution in [0.1, 0.15) is 23.7 Å². The summed E-state index contributed by atoms with van der Waals surface area (Å²) in [4.78, 5) is 28.9. The third-order valence-electron chi connectivity index (χ3n) is 4.73. The number of carbonyl (C=O) groups excluding carboxylic acids is 2. The zero-order valence-electron chi connectivity index (χ0n) is 15.1. The van der Waals surface area contributed by atoms with E-state index in [-0.39, 0.29) is 17.7 Å². The standard InChI is InChI=1S/C21H18ClN3O2S/c1-12-10-17(12)20(27)23-16-8-4-14(5-9-16)19(26)25-21-24-18(11-28-21)13-2-6-15(22)7-3-13/h2-9,11-12,17H,10H2,1H3,(H,23,27)(H,24,25,26). The highest BCUT2D eigenvalue weighted by molar-refractivity contribution is 7.14. The number of anilines is 2. The van der Waals surface area contributed by atoms with Crippen molar-refractivity contribution in [1.29, 1.82) is 0 Å². The van der Waals surface area contributed by atoms with E-state index in [0.717, 1.165) is 17.7 Å². The molecule has 142 valence electrons. The molecule has 0 aliphatic heterocycles. The molecular formula is C21H18ClN3O2S. The van der Waals surface area contributed by atoms with E-state index < -0.39 is 0 Å². The normalized spacial score (nSPS) is 17.8. The van der Waals surface area contributed by atoms with Gasteiger partial charge < -0.3 is 5.32 Å². The van der Waals surface area contributed by atoms with Crippen LogP contribution in [0.2, 0.25) is 5.02 Å². The SMILES string of the molecule is CC1CC1C(=O)Nc1ccc(C(=O)Nc2nc(-c3ccc(Cl)cc3)cs2)cc1. The Labute approximate surface area is 171 Å². The molecule has 2 unspecified atom stereocenters. The van der Waals surface area contributed by atoms with Crippen molar-refractivity contribution in [2.45, 2.75) is 13.3 Å². The van der Waals surface area contributed by atoms with Gasteiger partial charge in [-0.15, -0.1) is 11.3 Å². The van der Waals surface area contributed by atoms with Crippen molar-refractivity contribution in [3.05, 3.63) is 64.5 Å². The topological polar surface area (TPSA) is 71.1 Å². The zero-order chi connectivity index (χ0) is 19.7. The van der Waals surface area contributed by atoms with E-state index in [2.05, 4.69) is 22.5 Å². The van der Waals surface area contributed by atoms with E-state index >= 15 is 0 Å². The molecule has 2 N–H and O–H groups in total. The molecule has 1 aliphatic carbocycles. The Kier molecular flexibility index (Phi) is 5.15. The van der Waals surface area contributed by atoms with Gasteiger partial charge in [-0.1, -0.05) is 30.7 Å². The molecule has 1 aromatic heterocycles. The largest absolute Gasteiger partial charge is 0.326 e. The van der Waals surface area contributed by atoms with Gasteiger partial charge in [0.05, 0.1) is 5.69 Å². The van der Waals surface area contributed by atoms with Crippen molar-refractivity contribution in [3.63, 3.8) is 0 Å². The van der Waals surface area contributed by atoms with E-state index in [1.807, 2.05) is 17.5 Å². The summed E-state index contributed by atoms with van der Waals surface area (Å²) in [6.45, 7) is 2.06. The number of thiazole rings is 1. The highest BCUT2D eigenvalue weighted by Crippen LogP contribution is 2.38. The number of hydrogen-bond donors (Lipinski definition) is 2. The lowest BCUT2D eigenvalue weighted by Crippen LogP contribution is -2.15. The van der Waals surface area contributed by atoms with Crippen LogP contribution in [0.4, 0.5) is 10.8 Å². The number of halogens is 1. The maximum atomic E-state index is 12.4. The third-order valence-corrected chi connectivity index (χ3v) is 5.74. The summed E-state index contributed by atoms with van der Waals surface area (Å²) in [5.74, 6) is 0.372. The van der Waals surface area contributed by atoms with Crippen LogP contribution in [0.25, 0.3) is 11.3 Å². The second kappa shape index (κ2) is 7.73. The first-order valence-electron chi connectivity index (χ1n) is 8.93. The number of carbonyl (C=O) groups is 2. The molecule has 28 heavy (non-hydrogen) atoms. The molecule has 2 amide bonds. The molecule has 1 fully saturated rings. The van der Waals surface area contributed by atoms with Gasteiger partial charge in [0, 0.05) is 33.1 Å². The van der Waals surface area contributed by atoms with E-state index in [1.165, 1.54) is 11.3 Å². The Bertz CT molecular complexity index is 1010. The molecular weight excluding hydrogens is 394 g/mol. The first kappa shape index (κ1) is 18.7. The number of hydrogen-bond acceptors (Lipinski definition) is 4. The smallest absolute Gasteiger partial charge is 0.257 e. The van der Waals surface area contributed by atoms with Gasteiger partial charge in [0.15, 0.2) is 5.13 Å². The van der Waals surface area contributed by atoms with Crippen molar-refractivity contribution in [1.82, 2.24) is 4.98 Å². The molecule has 1 heterocycles. The summed E-state index contributed by atoms with van der Waals surface area (Å²) in [7, 11) is 0. The number of benzene rings is 2. The molecule has 2 aromatic carbocycles. The van der Waals surface area contributed by atoms with Crippen LogP contribution in [0.3, 0.4) is 0 Å². The Balaban J connectivity index is 1.38. The minimum absolute atomic E-state index is 0.0437. The van der Waals surface area contributed by atoms with Gasteiger partial charge in [-0.3, -0.25) is 14.9 Å². The number of aromatic nitrogens is 1. The van der Waals surface area contributed by atoms with E-state index in [9.17, 15) is 9.59 Å². The minimum Gasteiger partial charge on any atom is -0.326 e. The molecule has 3 aromatic rings. The van der Waals surface area contributed by atoms with Crippen LogP contribution < -0.4 is 10.6 Å². The average Bonchev–Trinajstić information content (AvgIpc) is 3.25. The van der Waals surface area contributed by atoms with E-state index in [1.54, 1.807) is 36.4 Å². The fourth-order valence-corrected chi connectivity index (χ4v) is 3.72. The van der Waals surface area contributed by atoms with E-state index in [0.29, 0.717) is 27.3 Å². The minimum atomic E-state index is -0.245. The predicted molar refractivity (Wildman–Crippen MR) is 113 cm³/mol. The highest BCUT2D eigenvalue weighted by atomic mass is 35.5. The van der Waals surface area contributed by atoms with Gasteiger partial charge in [0.2, 0.25) is 5.91 Å². The molecule has 1 saturated carbocycles. The summed E-state index contributed by atoms with van der Waals surface area (Å²) >= 11 is 7.27. The van der Waals surface area contributed by atoms with Crippen LogP contribution in [0.5, 0.6) is 0 Å². The van der Waals surface area contributed by atoms with Gasteiger partial charge in [0.1, 0.15) is 0 Å². The predicted octanol–water partition coefficient (Wildman–Crippen LogP) is 5.31. The van der Waals surface area contributed by atoms with E-state index in [4.69, 9.17) is 11.6 Å². The van der Waals surface area contributed by atoms with Crippen LogP contribution >= 0.6 is 22.9 Å². The Morgan fingerprint density at radius 2 is 1.75 bits per heavy atom. The highest BCUT2D eigenvalue weighted by Gasteiger charge is 2.39. The molecule has 0 radical (unpaired) electrons. The summed E-state index contributed by atoms with van der Waals surface area (Å²) in [5, 5.41) is 8.77. The third kappa shape index (κ3) is 4.24. The monoisotopic (exact) mass is 411 g/mol.